The number of carbonyl (C=O) groups excluding carboxylic acids is 2. The molecule has 0 saturated carbocycles. The first-order valence-electron chi connectivity index (χ1n) is 25.2. The maximum atomic E-state index is 17.1. The number of aromatic nitrogens is 3. The van der Waals surface area contributed by atoms with Gasteiger partial charge in [0.1, 0.15) is 41.0 Å². The van der Waals surface area contributed by atoms with Crippen LogP contribution in [-0.2, 0) is 16.0 Å². The number of carbonyl (C=O) groups is 2. The average Bonchev–Trinajstić information content (AvgIpc) is 3.69. The molecular formula is C53H64F3N9O5. The van der Waals surface area contributed by atoms with E-state index in [0.29, 0.717) is 83.0 Å². The number of nitrogens with zero attached hydrogens (tertiary/aromatic N) is 7. The summed E-state index contributed by atoms with van der Waals surface area (Å²) in [5.74, 6) is -1.76. The Labute approximate surface area is 406 Å². The molecule has 0 radical (unpaired) electrons. The molecule has 5 saturated heterocycles. The minimum atomic E-state index is -0.977. The zero-order valence-electron chi connectivity index (χ0n) is 40.3. The van der Waals surface area contributed by atoms with Crippen molar-refractivity contribution >= 4 is 45.0 Å². The number of piperidine rings is 4. The van der Waals surface area contributed by atoms with Crippen LogP contribution in [0.1, 0.15) is 88.7 Å². The zero-order valence-corrected chi connectivity index (χ0v) is 40.3. The Morgan fingerprint density at radius 3 is 2.47 bits per heavy atom. The number of β-amino-alcohol motifs (C(OH)–C–C–N with tert-alkyl or cyclic N) is 1. The third-order valence-electron chi connectivity index (χ3n) is 15.6. The number of fused-ring (bicyclic) bond motifs is 2. The fourth-order valence-corrected chi connectivity index (χ4v) is 11.9. The highest BCUT2D eigenvalue weighted by Crippen LogP contribution is 2.40. The number of aromatic hydroxyl groups is 1. The fourth-order valence-electron chi connectivity index (χ4n) is 11.9. The summed E-state index contributed by atoms with van der Waals surface area (Å²) in [6.07, 6.45) is 8.80. The van der Waals surface area contributed by atoms with Crippen molar-refractivity contribution in [2.45, 2.75) is 108 Å². The number of aliphatic hydroxyl groups is 1. The van der Waals surface area contributed by atoms with E-state index < -0.39 is 23.2 Å². The highest BCUT2D eigenvalue weighted by Gasteiger charge is 2.35. The molecule has 5 aromatic rings. The lowest BCUT2D eigenvalue weighted by Gasteiger charge is -2.39. The summed E-state index contributed by atoms with van der Waals surface area (Å²) in [7, 11) is 2.08. The number of rotatable bonds is 12. The molecule has 2 aromatic heterocycles. The average molecular weight is 964 g/mol. The molecule has 3 aromatic carbocycles. The third kappa shape index (κ3) is 9.99. The fraction of sp³-hybridized carbons (Fsp3) is 0.528. The number of hydrogen-bond donors (Lipinski definition) is 4. The summed E-state index contributed by atoms with van der Waals surface area (Å²) in [5, 5.41) is 29.5. The summed E-state index contributed by atoms with van der Waals surface area (Å²) in [6, 6.07) is 11.7. The van der Waals surface area contributed by atoms with E-state index in [0.717, 1.165) is 71.4 Å². The van der Waals surface area contributed by atoms with E-state index in [1.807, 2.05) is 17.9 Å². The predicted molar refractivity (Wildman–Crippen MR) is 263 cm³/mol. The monoisotopic (exact) mass is 963 g/mol. The van der Waals surface area contributed by atoms with Crippen molar-refractivity contribution in [3.8, 4) is 23.0 Å². The second-order valence-corrected chi connectivity index (χ2v) is 20.7. The van der Waals surface area contributed by atoms with Gasteiger partial charge in [-0.05, 0) is 143 Å². The van der Waals surface area contributed by atoms with Gasteiger partial charge in [0.15, 0.2) is 5.82 Å². The van der Waals surface area contributed by atoms with Gasteiger partial charge in [-0.25, -0.2) is 13.2 Å². The molecule has 10 rings (SSSR count). The van der Waals surface area contributed by atoms with Gasteiger partial charge in [-0.3, -0.25) is 24.8 Å². The van der Waals surface area contributed by atoms with Crippen molar-refractivity contribution in [3.05, 3.63) is 77.2 Å². The van der Waals surface area contributed by atoms with Gasteiger partial charge in [-0.1, -0.05) is 19.1 Å². The molecule has 4 N–H and O–H groups in total. The van der Waals surface area contributed by atoms with Crippen LogP contribution < -0.4 is 25.2 Å². The number of aryl methyl sites for hydroxylation is 1. The number of benzene rings is 3. The minimum Gasteiger partial charge on any atom is -0.508 e. The largest absolute Gasteiger partial charge is 0.508 e. The van der Waals surface area contributed by atoms with Crippen LogP contribution in [0.15, 0.2) is 48.7 Å². The standard InChI is InChI=1S/C53H64F3N9O5/c1-4-38-42(54)9-6-33-22-37(66)25-40(46(33)38)48-47(56)49-41(26-57-48)50(65-17-5-16-53(2,69)30-65)61-52(60-49)70-29-36-24-35(28-62(36)3)58-34-14-18-63(19-15-34)27-31-12-20-64(21-13-31)44-10-7-32(23-43(44)55)39-8-11-45(67)59-51(39)68/h6-7,9-10,22-23,25-26,31,34-36,39,58,66,69H,4-5,8,11-21,24,27-30H2,1-3H3,(H,59,67,68)/t35-,36-,39?,53+/m0/s1. The Hall–Kier alpha value is -5.62. The van der Waals surface area contributed by atoms with Crippen LogP contribution in [0.4, 0.5) is 24.7 Å². The van der Waals surface area contributed by atoms with Crippen molar-refractivity contribution in [2.75, 3.05) is 75.8 Å². The van der Waals surface area contributed by atoms with E-state index >= 15 is 13.2 Å². The van der Waals surface area contributed by atoms with Crippen LogP contribution in [0.25, 0.3) is 32.9 Å². The van der Waals surface area contributed by atoms with Crippen LogP contribution in [0.2, 0.25) is 0 Å². The van der Waals surface area contributed by atoms with Crippen molar-refractivity contribution in [1.82, 2.24) is 35.4 Å². The van der Waals surface area contributed by atoms with Gasteiger partial charge in [-0.2, -0.15) is 9.97 Å². The van der Waals surface area contributed by atoms with Crippen LogP contribution in [0, 0.1) is 23.4 Å². The van der Waals surface area contributed by atoms with Gasteiger partial charge in [0, 0.05) is 75.6 Å². The van der Waals surface area contributed by atoms with Crippen molar-refractivity contribution in [1.29, 1.82) is 0 Å². The Morgan fingerprint density at radius 1 is 0.929 bits per heavy atom. The maximum absolute atomic E-state index is 17.1. The number of nitrogens with one attached hydrogen (secondary N) is 2. The van der Waals surface area contributed by atoms with Crippen LogP contribution in [0.3, 0.4) is 0 Å². The Bertz CT molecular complexity index is 2780. The van der Waals surface area contributed by atoms with E-state index in [1.165, 1.54) is 30.5 Å². The predicted octanol–water partition coefficient (Wildman–Crippen LogP) is 6.82. The maximum Gasteiger partial charge on any atom is 0.319 e. The number of likely N-dealkylation sites (tertiary alicyclic amines) is 2. The summed E-state index contributed by atoms with van der Waals surface area (Å²) in [5.41, 5.74) is 0.783. The van der Waals surface area contributed by atoms with Gasteiger partial charge < -0.3 is 35.0 Å². The summed E-state index contributed by atoms with van der Waals surface area (Å²) < 4.78 is 54.0. The second-order valence-electron chi connectivity index (χ2n) is 20.7. The molecule has 5 aliphatic rings. The number of halogens is 3. The number of amides is 2. The molecule has 14 nitrogen and oxygen atoms in total. The molecule has 4 atom stereocenters. The first-order valence-corrected chi connectivity index (χ1v) is 25.2. The van der Waals surface area contributed by atoms with E-state index in [-0.39, 0.29) is 77.8 Å². The first-order chi connectivity index (χ1) is 33.7. The number of phenolic OH excluding ortho intramolecular Hbond substituents is 1. The van der Waals surface area contributed by atoms with Crippen LogP contribution in [-0.4, -0.2) is 137 Å². The van der Waals surface area contributed by atoms with Gasteiger partial charge in [0.05, 0.1) is 22.6 Å². The lowest BCUT2D eigenvalue weighted by atomic mass is 9.90. The number of ether oxygens (including phenoxy) is 1. The normalized spacial score (nSPS) is 24.5. The van der Waals surface area contributed by atoms with Crippen molar-refractivity contribution < 1.29 is 37.7 Å². The highest BCUT2D eigenvalue weighted by atomic mass is 19.1. The number of anilines is 2. The van der Waals surface area contributed by atoms with Crippen LogP contribution >= 0.6 is 0 Å². The molecule has 5 aliphatic heterocycles. The number of likely N-dealkylation sites (N-methyl/N-ethyl adjacent to an activating group) is 1. The lowest BCUT2D eigenvalue weighted by molar-refractivity contribution is -0.134. The van der Waals surface area contributed by atoms with Gasteiger partial charge in [0.2, 0.25) is 11.8 Å². The molecule has 5 fully saturated rings. The molecule has 7 heterocycles. The smallest absolute Gasteiger partial charge is 0.319 e. The summed E-state index contributed by atoms with van der Waals surface area (Å²) in [4.78, 5) is 46.9. The van der Waals surface area contributed by atoms with Crippen LogP contribution in [0.5, 0.6) is 11.8 Å². The number of imide groups is 1. The van der Waals surface area contributed by atoms with Gasteiger partial charge in [0.25, 0.3) is 0 Å². The molecule has 2 amide bonds. The number of phenols is 1. The van der Waals surface area contributed by atoms with E-state index in [9.17, 15) is 19.8 Å². The Balaban J connectivity index is 0.755. The Morgan fingerprint density at radius 2 is 1.73 bits per heavy atom. The van der Waals surface area contributed by atoms with E-state index in [1.54, 1.807) is 19.1 Å². The molecule has 70 heavy (non-hydrogen) atoms. The summed E-state index contributed by atoms with van der Waals surface area (Å²) in [6.45, 7) is 10.3. The van der Waals surface area contributed by atoms with Crippen molar-refractivity contribution in [3.63, 3.8) is 0 Å². The second kappa shape index (κ2) is 19.9. The zero-order chi connectivity index (χ0) is 48.8. The lowest BCUT2D eigenvalue weighted by Crippen LogP contribution is -2.48. The van der Waals surface area contributed by atoms with E-state index in [2.05, 4.69) is 42.3 Å². The molecule has 0 spiro atoms. The molecule has 0 bridgehead atoms. The van der Waals surface area contributed by atoms with Gasteiger partial charge >= 0.3 is 6.01 Å². The molecule has 17 heteroatoms. The minimum absolute atomic E-state index is 0.0108. The topological polar surface area (TPSA) is 160 Å². The number of pyridine rings is 1. The summed E-state index contributed by atoms with van der Waals surface area (Å²) >= 11 is 0. The third-order valence-corrected chi connectivity index (χ3v) is 15.6. The highest BCUT2D eigenvalue weighted by molar-refractivity contribution is 6.02. The molecule has 1 unspecified atom stereocenters. The van der Waals surface area contributed by atoms with Crippen molar-refractivity contribution in [2.24, 2.45) is 5.92 Å². The molecule has 0 aliphatic carbocycles. The van der Waals surface area contributed by atoms with E-state index in [4.69, 9.17) is 9.72 Å². The molecular weight excluding hydrogens is 900 g/mol. The van der Waals surface area contributed by atoms with Gasteiger partial charge in [-0.15, -0.1) is 0 Å². The first kappa shape index (κ1) is 48.0. The molecule has 372 valence electrons. The number of hydrogen-bond acceptors (Lipinski definition) is 13. The Kier molecular flexibility index (Phi) is 13.6. The SMILES string of the molecule is CCc1c(F)ccc2cc(O)cc(-c3ncc4c(N5CCC[C@@](C)(O)C5)nc(OC[C@@H]5C[C@H](NC6CCN(CC7CCN(c8ccc(C9CCC(=O)NC9=O)cc8F)CC7)CC6)CN5C)nc4c3F)c12. The quantitative estimate of drug-likeness (QED) is 0.0967.